The SMILES string of the molecule is CC(C)C[C@@H](N)C(=O)NNC(=O)NCc1ccccc1Cl. The van der Waals surface area contributed by atoms with Crippen molar-refractivity contribution < 1.29 is 9.59 Å². The zero-order chi connectivity index (χ0) is 15.8. The van der Waals surface area contributed by atoms with Crippen LogP contribution in [0.3, 0.4) is 0 Å². The number of carbonyl (C=O) groups excluding carboxylic acids is 2. The molecule has 0 bridgehead atoms. The van der Waals surface area contributed by atoms with Crippen molar-refractivity contribution in [2.45, 2.75) is 32.9 Å². The van der Waals surface area contributed by atoms with E-state index in [1.165, 1.54) is 0 Å². The number of hydrazine groups is 1. The van der Waals surface area contributed by atoms with E-state index in [1.54, 1.807) is 12.1 Å². The van der Waals surface area contributed by atoms with Crippen molar-refractivity contribution in [1.29, 1.82) is 0 Å². The lowest BCUT2D eigenvalue weighted by atomic mass is 10.0. The minimum absolute atomic E-state index is 0.263. The second-order valence-corrected chi connectivity index (χ2v) is 5.53. The van der Waals surface area contributed by atoms with Crippen LogP contribution < -0.4 is 21.9 Å². The molecule has 6 nitrogen and oxygen atoms in total. The number of hydrogen-bond acceptors (Lipinski definition) is 3. The number of amides is 3. The van der Waals surface area contributed by atoms with Crippen LogP contribution in [0.25, 0.3) is 0 Å². The van der Waals surface area contributed by atoms with Crippen molar-refractivity contribution in [3.8, 4) is 0 Å². The van der Waals surface area contributed by atoms with E-state index in [0.717, 1.165) is 5.56 Å². The van der Waals surface area contributed by atoms with Crippen molar-refractivity contribution in [3.05, 3.63) is 34.9 Å². The number of urea groups is 1. The van der Waals surface area contributed by atoms with Gasteiger partial charge in [-0.2, -0.15) is 0 Å². The molecule has 0 fully saturated rings. The van der Waals surface area contributed by atoms with E-state index in [2.05, 4.69) is 16.2 Å². The number of halogens is 1. The smallest absolute Gasteiger partial charge is 0.333 e. The van der Waals surface area contributed by atoms with Crippen molar-refractivity contribution >= 4 is 23.5 Å². The summed E-state index contributed by atoms with van der Waals surface area (Å²) in [6, 6.07) is 6.01. The lowest BCUT2D eigenvalue weighted by Crippen LogP contribution is -2.52. The van der Waals surface area contributed by atoms with E-state index in [1.807, 2.05) is 26.0 Å². The van der Waals surface area contributed by atoms with Crippen LogP contribution in [0, 0.1) is 5.92 Å². The van der Waals surface area contributed by atoms with Gasteiger partial charge in [0.15, 0.2) is 0 Å². The lowest BCUT2D eigenvalue weighted by molar-refractivity contribution is -0.123. The Morgan fingerprint density at radius 3 is 2.52 bits per heavy atom. The zero-order valence-electron chi connectivity index (χ0n) is 12.2. The molecule has 7 heteroatoms. The van der Waals surface area contributed by atoms with Crippen LogP contribution in [-0.2, 0) is 11.3 Å². The highest BCUT2D eigenvalue weighted by Crippen LogP contribution is 2.13. The molecule has 5 N–H and O–H groups in total. The summed E-state index contributed by atoms with van der Waals surface area (Å²) in [5, 5.41) is 3.15. The van der Waals surface area contributed by atoms with Gasteiger partial charge in [-0.05, 0) is 24.0 Å². The molecule has 21 heavy (non-hydrogen) atoms. The van der Waals surface area contributed by atoms with Crippen LogP contribution in [0.15, 0.2) is 24.3 Å². The molecule has 0 radical (unpaired) electrons. The van der Waals surface area contributed by atoms with Crippen LogP contribution in [-0.4, -0.2) is 18.0 Å². The number of carbonyl (C=O) groups is 2. The highest BCUT2D eigenvalue weighted by molar-refractivity contribution is 6.31. The molecule has 0 spiro atoms. The summed E-state index contributed by atoms with van der Waals surface area (Å²) in [6.45, 7) is 4.20. The largest absolute Gasteiger partial charge is 0.333 e. The Morgan fingerprint density at radius 1 is 1.24 bits per heavy atom. The van der Waals surface area contributed by atoms with Crippen LogP contribution >= 0.6 is 11.6 Å². The molecule has 1 rings (SSSR count). The summed E-state index contributed by atoms with van der Waals surface area (Å²) in [4.78, 5) is 23.2. The number of benzene rings is 1. The monoisotopic (exact) mass is 312 g/mol. The molecule has 0 saturated heterocycles. The van der Waals surface area contributed by atoms with Gasteiger partial charge >= 0.3 is 6.03 Å². The summed E-state index contributed by atoms with van der Waals surface area (Å²) >= 11 is 5.97. The number of hydrogen-bond donors (Lipinski definition) is 4. The van der Waals surface area contributed by atoms with Crippen molar-refractivity contribution in [1.82, 2.24) is 16.2 Å². The number of nitrogens with two attached hydrogens (primary N) is 1. The van der Waals surface area contributed by atoms with Gasteiger partial charge in [-0.1, -0.05) is 43.6 Å². The van der Waals surface area contributed by atoms with Crippen LogP contribution in [0.1, 0.15) is 25.8 Å². The third-order valence-corrected chi connectivity index (χ3v) is 3.13. The molecular weight excluding hydrogens is 292 g/mol. The first kappa shape index (κ1) is 17.3. The van der Waals surface area contributed by atoms with E-state index in [9.17, 15) is 9.59 Å². The van der Waals surface area contributed by atoms with Crippen LogP contribution in [0.5, 0.6) is 0 Å². The normalized spacial score (nSPS) is 11.9. The molecule has 116 valence electrons. The molecule has 0 heterocycles. The maximum atomic E-state index is 11.6. The van der Waals surface area contributed by atoms with Crippen LogP contribution in [0.4, 0.5) is 4.79 Å². The minimum atomic E-state index is -0.645. The Kier molecular flexibility index (Phi) is 6.98. The maximum Gasteiger partial charge on any atom is 0.333 e. The maximum absolute atomic E-state index is 11.6. The fourth-order valence-electron chi connectivity index (χ4n) is 1.69. The topological polar surface area (TPSA) is 96.2 Å². The summed E-state index contributed by atoms with van der Waals surface area (Å²) in [6.07, 6.45) is 0.550. The number of rotatable bonds is 5. The predicted octanol–water partition coefficient (Wildman–Crippen LogP) is 1.54. The highest BCUT2D eigenvalue weighted by atomic mass is 35.5. The third-order valence-electron chi connectivity index (χ3n) is 2.76. The summed E-state index contributed by atoms with van der Waals surface area (Å²) in [5.41, 5.74) is 11.0. The highest BCUT2D eigenvalue weighted by Gasteiger charge is 2.15. The summed E-state index contributed by atoms with van der Waals surface area (Å²) in [7, 11) is 0. The van der Waals surface area contributed by atoms with E-state index in [0.29, 0.717) is 17.4 Å². The Bertz CT molecular complexity index is 494. The third kappa shape index (κ3) is 6.46. The second kappa shape index (κ2) is 8.49. The molecule has 0 unspecified atom stereocenters. The molecule has 1 atom stereocenters. The van der Waals surface area contributed by atoms with Gasteiger partial charge < -0.3 is 11.1 Å². The quantitative estimate of drug-likeness (QED) is 0.621. The van der Waals surface area contributed by atoms with E-state index in [-0.39, 0.29) is 6.54 Å². The average molecular weight is 313 g/mol. The molecular formula is C14H21ClN4O2. The van der Waals surface area contributed by atoms with Gasteiger partial charge in [-0.3, -0.25) is 10.2 Å². The Labute approximate surface area is 129 Å². The first-order valence-electron chi connectivity index (χ1n) is 6.72. The van der Waals surface area contributed by atoms with Crippen molar-refractivity contribution in [2.24, 2.45) is 11.7 Å². The zero-order valence-corrected chi connectivity index (χ0v) is 12.9. The molecule has 3 amide bonds. The van der Waals surface area contributed by atoms with Gasteiger partial charge in [0.2, 0.25) is 0 Å². The molecule has 1 aromatic rings. The standard InChI is InChI=1S/C14H21ClN4O2/c1-9(2)7-12(16)13(20)18-19-14(21)17-8-10-5-3-4-6-11(10)15/h3-6,9,12H,7-8,16H2,1-2H3,(H,18,20)(H2,17,19,21)/t12-/m1/s1. The molecule has 0 aliphatic carbocycles. The van der Waals surface area contributed by atoms with Gasteiger partial charge in [0.1, 0.15) is 0 Å². The van der Waals surface area contributed by atoms with Gasteiger partial charge in [-0.15, -0.1) is 0 Å². The van der Waals surface area contributed by atoms with Crippen molar-refractivity contribution in [2.75, 3.05) is 0 Å². The number of nitrogens with one attached hydrogen (secondary N) is 3. The lowest BCUT2D eigenvalue weighted by Gasteiger charge is -2.15. The predicted molar refractivity (Wildman–Crippen MR) is 82.4 cm³/mol. The molecule has 0 aliphatic rings. The Balaban J connectivity index is 2.31. The van der Waals surface area contributed by atoms with E-state index in [4.69, 9.17) is 17.3 Å². The van der Waals surface area contributed by atoms with E-state index >= 15 is 0 Å². The van der Waals surface area contributed by atoms with Gasteiger partial charge in [-0.25, -0.2) is 10.2 Å². The molecule has 0 aromatic heterocycles. The summed E-state index contributed by atoms with van der Waals surface area (Å²) in [5.74, 6) is -0.114. The Morgan fingerprint density at radius 2 is 1.90 bits per heavy atom. The van der Waals surface area contributed by atoms with Crippen LogP contribution in [0.2, 0.25) is 5.02 Å². The van der Waals surface area contributed by atoms with Gasteiger partial charge in [0.05, 0.1) is 6.04 Å². The average Bonchev–Trinajstić information content (AvgIpc) is 2.43. The van der Waals surface area contributed by atoms with Crippen molar-refractivity contribution in [3.63, 3.8) is 0 Å². The fraction of sp³-hybridized carbons (Fsp3) is 0.429. The molecule has 0 aliphatic heterocycles. The summed E-state index contributed by atoms with van der Waals surface area (Å²) < 4.78 is 0. The molecule has 1 aromatic carbocycles. The first-order valence-corrected chi connectivity index (χ1v) is 7.10. The van der Waals surface area contributed by atoms with E-state index < -0.39 is 18.0 Å². The Hall–Kier alpha value is -1.79. The second-order valence-electron chi connectivity index (χ2n) is 5.12. The first-order chi connectivity index (χ1) is 9.90. The molecule has 0 saturated carbocycles. The van der Waals surface area contributed by atoms with Gasteiger partial charge in [0, 0.05) is 11.6 Å². The van der Waals surface area contributed by atoms with Gasteiger partial charge in [0.25, 0.3) is 5.91 Å². The fourth-order valence-corrected chi connectivity index (χ4v) is 1.89. The minimum Gasteiger partial charge on any atom is -0.333 e.